The average Bonchev–Trinajstić information content (AvgIpc) is 2.90. The van der Waals surface area contributed by atoms with E-state index in [9.17, 15) is 0 Å². The highest BCUT2D eigenvalue weighted by atomic mass is 127. The topological polar surface area (TPSA) is 39.7 Å². The Labute approximate surface area is 148 Å². The summed E-state index contributed by atoms with van der Waals surface area (Å²) in [5, 5.41) is 6.89. The molecule has 1 aliphatic heterocycles. The number of halogens is 1. The van der Waals surface area contributed by atoms with Gasteiger partial charge >= 0.3 is 0 Å². The summed E-state index contributed by atoms with van der Waals surface area (Å²) in [6.45, 7) is 13.5. The molecule has 1 atom stereocenters. The first-order valence-electron chi connectivity index (χ1n) is 8.21. The van der Waals surface area contributed by atoms with E-state index < -0.39 is 0 Å². The second-order valence-corrected chi connectivity index (χ2v) is 6.75. The summed E-state index contributed by atoms with van der Waals surface area (Å²) in [6, 6.07) is 0.634. The highest BCUT2D eigenvalue weighted by molar-refractivity contribution is 14.0. The van der Waals surface area contributed by atoms with Gasteiger partial charge in [-0.1, -0.05) is 27.7 Å². The molecule has 0 aliphatic carbocycles. The smallest absolute Gasteiger partial charge is 0.191 e. The van der Waals surface area contributed by atoms with E-state index in [1.54, 1.807) is 0 Å². The van der Waals surface area contributed by atoms with E-state index in [0.717, 1.165) is 25.0 Å². The molecule has 0 saturated carbocycles. The first kappa shape index (κ1) is 21.0. The summed E-state index contributed by atoms with van der Waals surface area (Å²) in [5.41, 5.74) is 0. The van der Waals surface area contributed by atoms with Crippen LogP contribution in [0.25, 0.3) is 0 Å². The van der Waals surface area contributed by atoms with Gasteiger partial charge in [0.2, 0.25) is 0 Å². The summed E-state index contributed by atoms with van der Waals surface area (Å²) >= 11 is 0. The molecular weight excluding hydrogens is 375 g/mol. The molecule has 1 rings (SSSR count). The van der Waals surface area contributed by atoms with Gasteiger partial charge in [-0.25, -0.2) is 0 Å². The van der Waals surface area contributed by atoms with Gasteiger partial charge in [-0.2, -0.15) is 0 Å². The number of hydrogen-bond acceptors (Lipinski definition) is 2. The lowest BCUT2D eigenvalue weighted by molar-refractivity contribution is 0.213. The lowest BCUT2D eigenvalue weighted by atomic mass is 10.0. The Hall–Kier alpha value is -0.0400. The average molecular weight is 410 g/mol. The van der Waals surface area contributed by atoms with E-state index >= 15 is 0 Å². The lowest BCUT2D eigenvalue weighted by Crippen LogP contribution is -2.47. The molecule has 1 unspecified atom stereocenters. The number of aliphatic imine (C=N–C) groups is 1. The van der Waals surface area contributed by atoms with Crippen LogP contribution in [0.15, 0.2) is 4.99 Å². The highest BCUT2D eigenvalue weighted by Crippen LogP contribution is 2.17. The van der Waals surface area contributed by atoms with Crippen molar-refractivity contribution >= 4 is 29.9 Å². The SMILES string of the molecule is CN=C(NCC(C)C)NCC(CC(C)C)N1CCCC1.I. The van der Waals surface area contributed by atoms with Crippen LogP contribution in [-0.2, 0) is 0 Å². The van der Waals surface area contributed by atoms with Gasteiger partial charge in [0.25, 0.3) is 0 Å². The van der Waals surface area contributed by atoms with Crippen molar-refractivity contribution in [2.75, 3.05) is 33.2 Å². The zero-order valence-corrected chi connectivity index (χ0v) is 16.8. The monoisotopic (exact) mass is 410 g/mol. The van der Waals surface area contributed by atoms with Crippen molar-refractivity contribution in [2.45, 2.75) is 53.0 Å². The summed E-state index contributed by atoms with van der Waals surface area (Å²) in [5.74, 6) is 2.32. The Morgan fingerprint density at radius 3 is 2.05 bits per heavy atom. The second-order valence-electron chi connectivity index (χ2n) is 6.75. The Balaban J connectivity index is 0.00000400. The van der Waals surface area contributed by atoms with Crippen LogP contribution in [0, 0.1) is 11.8 Å². The minimum Gasteiger partial charge on any atom is -0.356 e. The van der Waals surface area contributed by atoms with Gasteiger partial charge in [-0.15, -0.1) is 24.0 Å². The van der Waals surface area contributed by atoms with Crippen molar-refractivity contribution < 1.29 is 0 Å². The Morgan fingerprint density at radius 1 is 1.00 bits per heavy atom. The minimum atomic E-state index is 0. The Morgan fingerprint density at radius 2 is 1.57 bits per heavy atom. The fraction of sp³-hybridized carbons (Fsp3) is 0.938. The molecular formula is C16H35IN4. The predicted molar refractivity (Wildman–Crippen MR) is 104 cm³/mol. The molecule has 0 aromatic rings. The van der Waals surface area contributed by atoms with E-state index in [1.807, 2.05) is 7.05 Å². The van der Waals surface area contributed by atoms with E-state index in [4.69, 9.17) is 0 Å². The molecule has 1 saturated heterocycles. The molecule has 1 fully saturated rings. The minimum absolute atomic E-state index is 0. The zero-order chi connectivity index (χ0) is 15.0. The van der Waals surface area contributed by atoms with Crippen LogP contribution >= 0.6 is 24.0 Å². The molecule has 1 heterocycles. The molecule has 21 heavy (non-hydrogen) atoms. The van der Waals surface area contributed by atoms with Crippen molar-refractivity contribution in [3.8, 4) is 0 Å². The van der Waals surface area contributed by atoms with Crippen LogP contribution in [0.5, 0.6) is 0 Å². The Kier molecular flexibility index (Phi) is 11.5. The third kappa shape index (κ3) is 8.86. The molecule has 0 amide bonds. The summed E-state index contributed by atoms with van der Waals surface area (Å²) in [7, 11) is 1.85. The van der Waals surface area contributed by atoms with E-state index in [2.05, 4.69) is 48.2 Å². The largest absolute Gasteiger partial charge is 0.356 e. The lowest BCUT2D eigenvalue weighted by Gasteiger charge is -2.29. The van der Waals surface area contributed by atoms with E-state index in [-0.39, 0.29) is 24.0 Å². The van der Waals surface area contributed by atoms with Crippen molar-refractivity contribution in [2.24, 2.45) is 16.8 Å². The van der Waals surface area contributed by atoms with E-state index in [0.29, 0.717) is 12.0 Å². The second kappa shape index (κ2) is 11.5. The molecule has 0 aromatic heterocycles. The number of likely N-dealkylation sites (tertiary alicyclic amines) is 1. The maximum atomic E-state index is 4.31. The van der Waals surface area contributed by atoms with Crippen LogP contribution < -0.4 is 10.6 Å². The maximum absolute atomic E-state index is 4.31. The number of hydrogen-bond donors (Lipinski definition) is 2. The molecule has 126 valence electrons. The summed E-state index contributed by atoms with van der Waals surface area (Å²) < 4.78 is 0. The molecule has 2 N–H and O–H groups in total. The standard InChI is InChI=1S/C16H34N4.HI/c1-13(2)10-15(20-8-6-7-9-20)12-19-16(17-5)18-11-14(3)4;/h13-15H,6-12H2,1-5H3,(H2,17,18,19);1H. The van der Waals surface area contributed by atoms with Gasteiger partial charge in [0.05, 0.1) is 0 Å². The van der Waals surface area contributed by atoms with Crippen LogP contribution in [0.3, 0.4) is 0 Å². The maximum Gasteiger partial charge on any atom is 0.191 e. The van der Waals surface area contributed by atoms with Crippen LogP contribution in [0.4, 0.5) is 0 Å². The van der Waals surface area contributed by atoms with Crippen molar-refractivity contribution in [3.05, 3.63) is 0 Å². The molecule has 5 heteroatoms. The molecule has 0 bridgehead atoms. The number of rotatable bonds is 7. The van der Waals surface area contributed by atoms with Crippen molar-refractivity contribution in [3.63, 3.8) is 0 Å². The van der Waals surface area contributed by atoms with Gasteiger partial charge < -0.3 is 10.6 Å². The van der Waals surface area contributed by atoms with Gasteiger partial charge in [0.15, 0.2) is 5.96 Å². The van der Waals surface area contributed by atoms with Crippen molar-refractivity contribution in [1.29, 1.82) is 0 Å². The molecule has 4 nitrogen and oxygen atoms in total. The molecule has 0 aromatic carbocycles. The first-order chi connectivity index (χ1) is 9.52. The number of guanidine groups is 1. The normalized spacial score (nSPS) is 18.0. The highest BCUT2D eigenvalue weighted by Gasteiger charge is 2.22. The third-order valence-electron chi connectivity index (χ3n) is 3.81. The zero-order valence-electron chi connectivity index (χ0n) is 14.5. The number of nitrogens with zero attached hydrogens (tertiary/aromatic N) is 2. The van der Waals surface area contributed by atoms with Crippen LogP contribution in [-0.4, -0.2) is 50.1 Å². The summed E-state index contributed by atoms with van der Waals surface area (Å²) in [6.07, 6.45) is 3.97. The first-order valence-corrected chi connectivity index (χ1v) is 8.21. The summed E-state index contributed by atoms with van der Waals surface area (Å²) in [4.78, 5) is 6.96. The van der Waals surface area contributed by atoms with Crippen LogP contribution in [0.1, 0.15) is 47.0 Å². The van der Waals surface area contributed by atoms with Crippen molar-refractivity contribution in [1.82, 2.24) is 15.5 Å². The van der Waals surface area contributed by atoms with Gasteiger partial charge in [0.1, 0.15) is 0 Å². The fourth-order valence-electron chi connectivity index (χ4n) is 2.75. The quantitative estimate of drug-likeness (QED) is 0.385. The van der Waals surface area contributed by atoms with E-state index in [1.165, 1.54) is 32.4 Å². The predicted octanol–water partition coefficient (Wildman–Crippen LogP) is 2.94. The van der Waals surface area contributed by atoms with Gasteiger partial charge in [-0.3, -0.25) is 9.89 Å². The molecule has 1 aliphatic rings. The third-order valence-corrected chi connectivity index (χ3v) is 3.81. The van der Waals surface area contributed by atoms with Crippen LogP contribution in [0.2, 0.25) is 0 Å². The van der Waals surface area contributed by atoms with Gasteiger partial charge in [0, 0.05) is 26.2 Å². The van der Waals surface area contributed by atoms with Gasteiger partial charge in [-0.05, 0) is 44.2 Å². The molecule has 0 spiro atoms. The Bertz CT molecular complexity index is 286. The fourth-order valence-corrected chi connectivity index (χ4v) is 2.75. The molecule has 0 radical (unpaired) electrons. The number of nitrogens with one attached hydrogen (secondary N) is 2.